The van der Waals surface area contributed by atoms with Crippen LogP contribution in [-0.2, 0) is 6.42 Å². The molecule has 1 aromatic heterocycles. The van der Waals surface area contributed by atoms with E-state index < -0.39 is 0 Å². The van der Waals surface area contributed by atoms with Crippen LogP contribution >= 0.6 is 11.3 Å². The first kappa shape index (κ1) is 14.8. The van der Waals surface area contributed by atoms with E-state index >= 15 is 0 Å². The highest BCUT2D eigenvalue weighted by molar-refractivity contribution is 7.09. The van der Waals surface area contributed by atoms with Gasteiger partial charge in [-0.05, 0) is 19.1 Å². The average molecular weight is 293 g/mol. The van der Waals surface area contributed by atoms with E-state index in [-0.39, 0.29) is 6.04 Å². The summed E-state index contributed by atoms with van der Waals surface area (Å²) in [5.74, 6) is 7.22. The van der Waals surface area contributed by atoms with E-state index in [0.29, 0.717) is 6.42 Å². The lowest BCUT2D eigenvalue weighted by atomic mass is 10.0. The molecule has 0 bridgehead atoms. The first-order valence-corrected chi connectivity index (χ1v) is 7.15. The Bertz CT molecular complexity index is 549. The molecular formula is C14H19N3O2S. The Balaban J connectivity index is 2.35. The molecular weight excluding hydrogens is 274 g/mol. The third kappa shape index (κ3) is 3.09. The van der Waals surface area contributed by atoms with E-state index in [2.05, 4.69) is 10.4 Å². The van der Waals surface area contributed by atoms with Crippen LogP contribution in [0.2, 0.25) is 0 Å². The first-order valence-electron chi connectivity index (χ1n) is 6.27. The van der Waals surface area contributed by atoms with Gasteiger partial charge in [0.05, 0.1) is 36.5 Å². The molecule has 20 heavy (non-hydrogen) atoms. The molecule has 0 saturated heterocycles. The minimum atomic E-state index is -0.123. The van der Waals surface area contributed by atoms with Crippen LogP contribution in [0.5, 0.6) is 11.5 Å². The van der Waals surface area contributed by atoms with Gasteiger partial charge < -0.3 is 9.47 Å². The second-order valence-corrected chi connectivity index (χ2v) is 5.42. The van der Waals surface area contributed by atoms with Crippen molar-refractivity contribution in [1.82, 2.24) is 10.4 Å². The van der Waals surface area contributed by atoms with Crippen molar-refractivity contribution in [2.45, 2.75) is 19.4 Å². The van der Waals surface area contributed by atoms with Gasteiger partial charge in [0.15, 0.2) is 0 Å². The normalized spacial score (nSPS) is 12.2. The Morgan fingerprint density at radius 3 is 2.40 bits per heavy atom. The van der Waals surface area contributed by atoms with E-state index in [4.69, 9.17) is 15.3 Å². The minimum absolute atomic E-state index is 0.123. The maximum absolute atomic E-state index is 5.72. The van der Waals surface area contributed by atoms with E-state index in [1.807, 2.05) is 30.5 Å². The fourth-order valence-electron chi connectivity index (χ4n) is 2.18. The molecule has 5 nitrogen and oxygen atoms in total. The molecule has 1 unspecified atom stereocenters. The van der Waals surface area contributed by atoms with Gasteiger partial charge in [-0.15, -0.1) is 11.3 Å². The molecule has 1 heterocycles. The van der Waals surface area contributed by atoms with Gasteiger partial charge in [0.25, 0.3) is 0 Å². The van der Waals surface area contributed by atoms with Crippen molar-refractivity contribution in [2.75, 3.05) is 14.2 Å². The predicted molar refractivity (Wildman–Crippen MR) is 80.2 cm³/mol. The highest BCUT2D eigenvalue weighted by Gasteiger charge is 2.21. The Kier molecular flexibility index (Phi) is 4.94. The zero-order valence-electron chi connectivity index (χ0n) is 11.8. The third-order valence-corrected chi connectivity index (χ3v) is 3.92. The molecule has 2 rings (SSSR count). The van der Waals surface area contributed by atoms with E-state index in [0.717, 1.165) is 27.8 Å². The largest absolute Gasteiger partial charge is 0.496 e. The van der Waals surface area contributed by atoms with Crippen LogP contribution in [0.3, 0.4) is 0 Å². The lowest BCUT2D eigenvalue weighted by Gasteiger charge is -2.21. The number of aryl methyl sites for hydroxylation is 1. The average Bonchev–Trinajstić information content (AvgIpc) is 2.89. The SMILES string of the molecule is COc1cccc(OC)c1C(Cc1csc(C)n1)NN. The van der Waals surface area contributed by atoms with Crippen molar-refractivity contribution in [3.8, 4) is 11.5 Å². The number of nitrogens with zero attached hydrogens (tertiary/aromatic N) is 1. The number of aromatic nitrogens is 1. The van der Waals surface area contributed by atoms with Crippen molar-refractivity contribution in [3.63, 3.8) is 0 Å². The number of ether oxygens (including phenoxy) is 2. The van der Waals surface area contributed by atoms with Crippen molar-refractivity contribution in [1.29, 1.82) is 0 Å². The summed E-state index contributed by atoms with van der Waals surface area (Å²) in [6, 6.07) is 5.56. The molecule has 0 amide bonds. The second-order valence-electron chi connectivity index (χ2n) is 4.36. The van der Waals surface area contributed by atoms with E-state index in [9.17, 15) is 0 Å². The second kappa shape index (κ2) is 6.69. The van der Waals surface area contributed by atoms with Gasteiger partial charge in [-0.2, -0.15) is 0 Å². The maximum atomic E-state index is 5.72. The number of hydrogen-bond acceptors (Lipinski definition) is 6. The van der Waals surface area contributed by atoms with Gasteiger partial charge in [0.1, 0.15) is 11.5 Å². The van der Waals surface area contributed by atoms with E-state index in [1.165, 1.54) is 0 Å². The number of methoxy groups -OCH3 is 2. The highest BCUT2D eigenvalue weighted by Crippen LogP contribution is 2.35. The summed E-state index contributed by atoms with van der Waals surface area (Å²) < 4.78 is 10.8. The Labute approximate surface area is 122 Å². The van der Waals surface area contributed by atoms with Crippen LogP contribution in [0, 0.1) is 6.92 Å². The molecule has 0 saturated carbocycles. The number of hydrogen-bond donors (Lipinski definition) is 2. The number of thiazole rings is 1. The quantitative estimate of drug-likeness (QED) is 0.631. The maximum Gasteiger partial charge on any atom is 0.127 e. The molecule has 108 valence electrons. The number of rotatable bonds is 6. The lowest BCUT2D eigenvalue weighted by Crippen LogP contribution is -2.30. The minimum Gasteiger partial charge on any atom is -0.496 e. The predicted octanol–water partition coefficient (Wildman–Crippen LogP) is 2.22. The highest BCUT2D eigenvalue weighted by atomic mass is 32.1. The van der Waals surface area contributed by atoms with Crippen LogP contribution in [0.15, 0.2) is 23.6 Å². The van der Waals surface area contributed by atoms with Gasteiger partial charge >= 0.3 is 0 Å². The summed E-state index contributed by atoms with van der Waals surface area (Å²) in [6.07, 6.45) is 0.678. The topological polar surface area (TPSA) is 69.4 Å². The zero-order valence-corrected chi connectivity index (χ0v) is 12.7. The number of hydrazine groups is 1. The van der Waals surface area contributed by atoms with Crippen LogP contribution in [0.25, 0.3) is 0 Å². The number of nitrogens with two attached hydrogens (primary N) is 1. The molecule has 6 heteroatoms. The van der Waals surface area contributed by atoms with E-state index in [1.54, 1.807) is 25.6 Å². The summed E-state index contributed by atoms with van der Waals surface area (Å²) >= 11 is 1.63. The molecule has 1 atom stereocenters. The molecule has 0 fully saturated rings. The van der Waals surface area contributed by atoms with Crippen molar-refractivity contribution < 1.29 is 9.47 Å². The molecule has 0 radical (unpaired) electrons. The molecule has 1 aromatic carbocycles. The van der Waals surface area contributed by atoms with Gasteiger partial charge in [-0.25, -0.2) is 4.98 Å². The summed E-state index contributed by atoms with van der Waals surface area (Å²) in [4.78, 5) is 4.48. The molecule has 0 aliphatic rings. The summed E-state index contributed by atoms with van der Waals surface area (Å²) in [6.45, 7) is 1.99. The molecule has 0 aliphatic carbocycles. The summed E-state index contributed by atoms with van der Waals surface area (Å²) in [5, 5.41) is 3.09. The fourth-order valence-corrected chi connectivity index (χ4v) is 2.80. The van der Waals surface area contributed by atoms with Crippen molar-refractivity contribution >= 4 is 11.3 Å². The molecule has 0 spiro atoms. The van der Waals surface area contributed by atoms with Gasteiger partial charge in [-0.3, -0.25) is 11.3 Å². The first-order chi connectivity index (χ1) is 9.69. The number of benzene rings is 1. The van der Waals surface area contributed by atoms with Gasteiger partial charge in [-0.1, -0.05) is 6.07 Å². The van der Waals surface area contributed by atoms with Crippen LogP contribution in [0.1, 0.15) is 22.3 Å². The molecule has 3 N–H and O–H groups in total. The lowest BCUT2D eigenvalue weighted by molar-refractivity contribution is 0.370. The monoisotopic (exact) mass is 293 g/mol. The molecule has 2 aromatic rings. The smallest absolute Gasteiger partial charge is 0.127 e. The zero-order chi connectivity index (χ0) is 14.5. The number of nitrogens with one attached hydrogen (secondary N) is 1. The van der Waals surface area contributed by atoms with Crippen LogP contribution in [-0.4, -0.2) is 19.2 Å². The van der Waals surface area contributed by atoms with Crippen LogP contribution in [0.4, 0.5) is 0 Å². The Morgan fingerprint density at radius 1 is 1.30 bits per heavy atom. The van der Waals surface area contributed by atoms with Crippen LogP contribution < -0.4 is 20.7 Å². The third-order valence-electron chi connectivity index (χ3n) is 3.10. The summed E-state index contributed by atoms with van der Waals surface area (Å²) in [5.41, 5.74) is 4.74. The Morgan fingerprint density at radius 2 is 1.95 bits per heavy atom. The fraction of sp³-hybridized carbons (Fsp3) is 0.357. The van der Waals surface area contributed by atoms with Crippen molar-refractivity contribution in [2.24, 2.45) is 5.84 Å². The van der Waals surface area contributed by atoms with Gasteiger partial charge in [0.2, 0.25) is 0 Å². The summed E-state index contributed by atoms with van der Waals surface area (Å²) in [7, 11) is 3.28. The van der Waals surface area contributed by atoms with Gasteiger partial charge in [0, 0.05) is 11.8 Å². The Hall–Kier alpha value is -1.63. The van der Waals surface area contributed by atoms with Crippen molar-refractivity contribution in [3.05, 3.63) is 39.8 Å². The standard InChI is InChI=1S/C14H19N3O2S/c1-9-16-10(8-20-9)7-11(17-15)14-12(18-2)5-4-6-13(14)19-3/h4-6,8,11,17H,7,15H2,1-3H3. The molecule has 0 aliphatic heterocycles.